The third-order valence-electron chi connectivity index (χ3n) is 3.65. The van der Waals surface area contributed by atoms with Gasteiger partial charge in [0, 0.05) is 13.4 Å². The maximum absolute atomic E-state index is 13.2. The van der Waals surface area contributed by atoms with Crippen LogP contribution in [0.5, 0.6) is 5.75 Å². The van der Waals surface area contributed by atoms with E-state index in [1.54, 1.807) is 12.1 Å². The summed E-state index contributed by atoms with van der Waals surface area (Å²) < 4.78 is 81.1. The molecule has 0 aliphatic rings. The van der Waals surface area contributed by atoms with E-state index in [0.717, 1.165) is 0 Å². The van der Waals surface area contributed by atoms with Crippen molar-refractivity contribution in [3.63, 3.8) is 0 Å². The van der Waals surface area contributed by atoms with E-state index < -0.39 is 51.2 Å². The van der Waals surface area contributed by atoms with Gasteiger partial charge < -0.3 is 9.47 Å². The fourth-order valence-corrected chi connectivity index (χ4v) is 6.34. The molecule has 2 aromatic rings. The van der Waals surface area contributed by atoms with Gasteiger partial charge in [0.1, 0.15) is 5.75 Å². The predicted molar refractivity (Wildman–Crippen MR) is 128 cm³/mol. The Kier molecular flexibility index (Phi) is 9.60. The van der Waals surface area contributed by atoms with Crippen LogP contribution in [-0.4, -0.2) is 42.9 Å². The standard InChI is InChI=1S/C17H8Br5F3O7S/c18-6-3-9(21)14(10(22)4-6)32-16(27)13-8(20)2-1-7(19)12(13)15(26)31-11(17(23,24)25)5-33(28,29)30/h1-4,11H,5H2,(H,28,29,30). The minimum absolute atomic E-state index is 0.00827. The summed E-state index contributed by atoms with van der Waals surface area (Å²) in [6, 6.07) is 5.68. The molecule has 0 aliphatic heterocycles. The molecule has 0 saturated heterocycles. The van der Waals surface area contributed by atoms with E-state index >= 15 is 0 Å². The molecule has 33 heavy (non-hydrogen) atoms. The average molecular weight is 813 g/mol. The quantitative estimate of drug-likeness (QED) is 0.197. The second-order valence-electron chi connectivity index (χ2n) is 6.05. The molecule has 0 saturated carbocycles. The van der Waals surface area contributed by atoms with Crippen molar-refractivity contribution in [1.82, 2.24) is 0 Å². The third-order valence-corrected chi connectivity index (χ3v) is 7.33. The molecule has 2 aromatic carbocycles. The number of hydrogen-bond donors (Lipinski definition) is 1. The van der Waals surface area contributed by atoms with E-state index in [2.05, 4.69) is 84.4 Å². The first-order valence-corrected chi connectivity index (χ1v) is 13.7. The number of carbonyl (C=O) groups is 2. The van der Waals surface area contributed by atoms with Crippen molar-refractivity contribution in [3.05, 3.63) is 57.8 Å². The number of carbonyl (C=O) groups excluding carboxylic acids is 2. The number of esters is 2. The van der Waals surface area contributed by atoms with Crippen LogP contribution in [-0.2, 0) is 14.9 Å². The number of benzene rings is 2. The fourth-order valence-electron chi connectivity index (χ4n) is 2.30. The van der Waals surface area contributed by atoms with Crippen molar-refractivity contribution in [2.45, 2.75) is 12.3 Å². The molecule has 0 amide bonds. The molecule has 7 nitrogen and oxygen atoms in total. The molecule has 1 atom stereocenters. The molecular weight excluding hydrogens is 805 g/mol. The number of halogens is 8. The fraction of sp³-hybridized carbons (Fsp3) is 0.176. The Morgan fingerprint density at radius 1 is 0.909 bits per heavy atom. The zero-order valence-corrected chi connectivity index (χ0v) is 24.2. The van der Waals surface area contributed by atoms with Crippen LogP contribution in [0.2, 0.25) is 0 Å². The van der Waals surface area contributed by atoms with E-state index in [4.69, 9.17) is 9.29 Å². The van der Waals surface area contributed by atoms with Gasteiger partial charge in [-0.2, -0.15) is 21.6 Å². The largest absolute Gasteiger partial charge is 0.448 e. The summed E-state index contributed by atoms with van der Waals surface area (Å²) in [5.41, 5.74) is -1.16. The zero-order chi connectivity index (χ0) is 25.3. The molecular formula is C17H8Br5F3O7S. The van der Waals surface area contributed by atoms with Crippen LogP contribution in [0.15, 0.2) is 46.6 Å². The summed E-state index contributed by atoms with van der Waals surface area (Å²) in [5.74, 6) is -4.74. The molecule has 2 rings (SSSR count). The second-order valence-corrected chi connectivity index (χ2v) is 11.9. The van der Waals surface area contributed by atoms with E-state index in [1.807, 2.05) is 0 Å². The average Bonchev–Trinajstić information content (AvgIpc) is 2.63. The van der Waals surface area contributed by atoms with Crippen LogP contribution in [0.25, 0.3) is 0 Å². The summed E-state index contributed by atoms with van der Waals surface area (Å²) >= 11 is 15.7. The highest BCUT2D eigenvalue weighted by molar-refractivity contribution is 9.12. The van der Waals surface area contributed by atoms with Gasteiger partial charge in [0.2, 0.25) is 6.10 Å². The van der Waals surface area contributed by atoms with E-state index in [0.29, 0.717) is 13.4 Å². The van der Waals surface area contributed by atoms with Crippen molar-refractivity contribution in [1.29, 1.82) is 0 Å². The lowest BCUT2D eigenvalue weighted by Gasteiger charge is -2.21. The maximum atomic E-state index is 13.2. The Hall–Kier alpha value is -0.520. The van der Waals surface area contributed by atoms with Crippen LogP contribution in [0.4, 0.5) is 13.2 Å². The normalized spacial score (nSPS) is 12.9. The molecule has 1 N–H and O–H groups in total. The Bertz CT molecular complexity index is 1200. The van der Waals surface area contributed by atoms with Gasteiger partial charge in [0.25, 0.3) is 10.1 Å². The SMILES string of the molecule is O=C(Oc1c(Br)cc(Br)cc1Br)c1c(Br)ccc(Br)c1C(=O)OC(CS(=O)(=O)O)C(F)(F)F. The monoisotopic (exact) mass is 808 g/mol. The van der Waals surface area contributed by atoms with Crippen molar-refractivity contribution in [3.8, 4) is 5.75 Å². The highest BCUT2D eigenvalue weighted by Crippen LogP contribution is 2.38. The molecule has 0 spiro atoms. The van der Waals surface area contributed by atoms with E-state index in [9.17, 15) is 31.2 Å². The number of ether oxygens (including phenoxy) is 2. The van der Waals surface area contributed by atoms with Gasteiger partial charge in [-0.3, -0.25) is 4.55 Å². The zero-order valence-electron chi connectivity index (χ0n) is 15.4. The first-order chi connectivity index (χ1) is 15.0. The van der Waals surface area contributed by atoms with Crippen LogP contribution >= 0.6 is 79.6 Å². The third kappa shape index (κ3) is 7.73. The van der Waals surface area contributed by atoms with Crippen molar-refractivity contribution in [2.75, 3.05) is 5.75 Å². The molecule has 0 bridgehead atoms. The van der Waals surface area contributed by atoms with Gasteiger partial charge in [-0.1, -0.05) is 15.9 Å². The van der Waals surface area contributed by atoms with Crippen LogP contribution in [0, 0.1) is 0 Å². The maximum Gasteiger partial charge on any atom is 0.426 e. The van der Waals surface area contributed by atoms with Crippen molar-refractivity contribution < 1.29 is 45.2 Å². The Morgan fingerprint density at radius 3 is 1.79 bits per heavy atom. The summed E-state index contributed by atoms with van der Waals surface area (Å²) in [5, 5.41) is 0. The van der Waals surface area contributed by atoms with Gasteiger partial charge in [0.15, 0.2) is 5.75 Å². The molecule has 16 heteroatoms. The lowest BCUT2D eigenvalue weighted by atomic mass is 10.1. The number of alkyl halides is 3. The van der Waals surface area contributed by atoms with Gasteiger partial charge in [0.05, 0.1) is 20.1 Å². The molecule has 0 heterocycles. The molecule has 180 valence electrons. The minimum Gasteiger partial charge on any atom is -0.448 e. The summed E-state index contributed by atoms with van der Waals surface area (Å²) in [6.07, 6.45) is -8.51. The Balaban J connectivity index is 2.50. The minimum atomic E-state index is -5.32. The first-order valence-electron chi connectivity index (χ1n) is 8.09. The van der Waals surface area contributed by atoms with Gasteiger partial charge in [-0.05, 0) is 88.0 Å². The molecule has 0 aliphatic carbocycles. The molecule has 0 fully saturated rings. The second kappa shape index (κ2) is 11.0. The van der Waals surface area contributed by atoms with Gasteiger partial charge in [-0.25, -0.2) is 9.59 Å². The molecule has 1 unspecified atom stereocenters. The van der Waals surface area contributed by atoms with Crippen molar-refractivity contribution in [2.24, 2.45) is 0 Å². The first kappa shape index (κ1) is 28.7. The predicted octanol–water partition coefficient (Wildman–Crippen LogP) is 6.69. The Labute approximate surface area is 226 Å². The highest BCUT2D eigenvalue weighted by Gasteiger charge is 2.46. The van der Waals surface area contributed by atoms with Gasteiger partial charge >= 0.3 is 18.1 Å². The van der Waals surface area contributed by atoms with E-state index in [1.165, 1.54) is 12.1 Å². The smallest absolute Gasteiger partial charge is 0.426 e. The highest BCUT2D eigenvalue weighted by atomic mass is 79.9. The Morgan fingerprint density at radius 2 is 1.36 bits per heavy atom. The lowest BCUT2D eigenvalue weighted by molar-refractivity contribution is -0.197. The lowest BCUT2D eigenvalue weighted by Crippen LogP contribution is -2.39. The van der Waals surface area contributed by atoms with Crippen LogP contribution < -0.4 is 4.74 Å². The van der Waals surface area contributed by atoms with Crippen LogP contribution in [0.3, 0.4) is 0 Å². The molecule has 0 aromatic heterocycles. The summed E-state index contributed by atoms with van der Waals surface area (Å²) in [4.78, 5) is 25.6. The molecule has 0 radical (unpaired) electrons. The number of rotatable bonds is 6. The van der Waals surface area contributed by atoms with E-state index in [-0.39, 0.29) is 14.7 Å². The topological polar surface area (TPSA) is 107 Å². The van der Waals surface area contributed by atoms with Gasteiger partial charge in [-0.15, -0.1) is 0 Å². The summed E-state index contributed by atoms with van der Waals surface area (Å²) in [7, 11) is -5.16. The number of hydrogen-bond acceptors (Lipinski definition) is 6. The summed E-state index contributed by atoms with van der Waals surface area (Å²) in [6.45, 7) is 0. The van der Waals surface area contributed by atoms with Crippen LogP contribution in [0.1, 0.15) is 20.7 Å². The van der Waals surface area contributed by atoms with Crippen molar-refractivity contribution >= 4 is 102 Å².